The summed E-state index contributed by atoms with van der Waals surface area (Å²) in [7, 11) is -3.62. The molecular formula is C21H18F4N2O4S2. The Morgan fingerprint density at radius 3 is 2.15 bits per heavy atom. The van der Waals surface area contributed by atoms with E-state index in [4.69, 9.17) is 0 Å². The summed E-state index contributed by atoms with van der Waals surface area (Å²) in [6.45, 7) is 0. The number of hydrogen-bond donors (Lipinski definition) is 2. The molecule has 0 bridgehead atoms. The Morgan fingerprint density at radius 1 is 0.970 bits per heavy atom. The van der Waals surface area contributed by atoms with Crippen molar-refractivity contribution in [3.8, 4) is 0 Å². The highest BCUT2D eigenvalue weighted by Crippen LogP contribution is 2.60. The summed E-state index contributed by atoms with van der Waals surface area (Å²) >= 11 is 1.21. The number of carbonyl (C=O) groups excluding carboxylic acids is 2. The van der Waals surface area contributed by atoms with Crippen molar-refractivity contribution in [2.45, 2.75) is 23.0 Å². The van der Waals surface area contributed by atoms with Gasteiger partial charge in [-0.3, -0.25) is 14.3 Å². The average molecular weight is 503 g/mol. The topological polar surface area (TPSA) is 92.3 Å². The number of thioether (sulfide) groups is 1. The van der Waals surface area contributed by atoms with E-state index in [0.717, 1.165) is 12.3 Å². The third-order valence-electron chi connectivity index (χ3n) is 5.72. The first-order valence-corrected chi connectivity index (χ1v) is 12.6. The van der Waals surface area contributed by atoms with Crippen molar-refractivity contribution in [3.63, 3.8) is 0 Å². The van der Waals surface area contributed by atoms with Gasteiger partial charge in [0.05, 0.1) is 6.26 Å². The molecule has 0 spiro atoms. The Hall–Kier alpha value is -2.60. The van der Waals surface area contributed by atoms with Gasteiger partial charge >= 0.3 is 0 Å². The van der Waals surface area contributed by atoms with E-state index < -0.39 is 45.1 Å². The number of nitrogens with one attached hydrogen (secondary N) is 2. The first kappa shape index (κ1) is 23.6. The normalized spacial score (nSPS) is 23.7. The predicted molar refractivity (Wildman–Crippen MR) is 113 cm³/mol. The van der Waals surface area contributed by atoms with E-state index in [2.05, 4.69) is 5.32 Å². The number of sulfonamides is 1. The number of fused-ring (bicyclic) bond motifs is 1. The van der Waals surface area contributed by atoms with Gasteiger partial charge in [-0.05, 0) is 42.9 Å². The first-order valence-electron chi connectivity index (χ1n) is 9.86. The van der Waals surface area contributed by atoms with Crippen molar-refractivity contribution >= 4 is 39.3 Å². The quantitative estimate of drug-likeness (QED) is 0.465. The molecule has 2 unspecified atom stereocenters. The monoisotopic (exact) mass is 502 g/mol. The van der Waals surface area contributed by atoms with Gasteiger partial charge in [0.1, 0.15) is 5.82 Å². The molecule has 0 saturated heterocycles. The van der Waals surface area contributed by atoms with Gasteiger partial charge in [-0.1, -0.05) is 0 Å². The second kappa shape index (κ2) is 8.64. The maximum absolute atomic E-state index is 14.3. The highest BCUT2D eigenvalue weighted by Gasteiger charge is 2.60. The van der Waals surface area contributed by atoms with E-state index >= 15 is 0 Å². The third kappa shape index (κ3) is 5.16. The summed E-state index contributed by atoms with van der Waals surface area (Å²) in [4.78, 5) is 24.7. The summed E-state index contributed by atoms with van der Waals surface area (Å²) in [6, 6.07) is 4.89. The van der Waals surface area contributed by atoms with Crippen LogP contribution in [-0.4, -0.2) is 31.7 Å². The first-order chi connectivity index (χ1) is 15.4. The van der Waals surface area contributed by atoms with E-state index in [1.165, 1.54) is 23.9 Å². The van der Waals surface area contributed by atoms with Crippen molar-refractivity contribution < 1.29 is 35.6 Å². The van der Waals surface area contributed by atoms with Crippen LogP contribution >= 0.6 is 11.8 Å². The number of rotatable bonds is 6. The fourth-order valence-electron chi connectivity index (χ4n) is 4.27. The third-order valence-corrected chi connectivity index (χ3v) is 7.58. The van der Waals surface area contributed by atoms with Crippen LogP contribution in [0.5, 0.6) is 0 Å². The molecule has 2 saturated carbocycles. The number of anilines is 1. The summed E-state index contributed by atoms with van der Waals surface area (Å²) < 4.78 is 78.6. The summed E-state index contributed by atoms with van der Waals surface area (Å²) in [5.41, 5.74) is -0.248. The van der Waals surface area contributed by atoms with Crippen LogP contribution in [0.25, 0.3) is 0 Å². The van der Waals surface area contributed by atoms with E-state index in [0.29, 0.717) is 25.0 Å². The fraction of sp³-hybridized carbons (Fsp3) is 0.333. The standard InChI is InChI=1S/C21H18F4N2O4S2/c1-33(30,31)27-21(29)18-12-7-11(8-13(12)18)32-17-4-9(2-3-14(17)22)20(28)26-10-5-15(23)19(25)16(24)6-10/h2-6,11-13,18H,7-8H2,1H3,(H,26,28)(H,27,29). The minimum atomic E-state index is -3.62. The minimum Gasteiger partial charge on any atom is -0.322 e. The maximum Gasteiger partial charge on any atom is 0.255 e. The van der Waals surface area contributed by atoms with Crippen molar-refractivity contribution in [2.75, 3.05) is 11.6 Å². The molecule has 12 heteroatoms. The molecule has 0 aliphatic heterocycles. The molecule has 2 N–H and O–H groups in total. The number of benzene rings is 2. The Labute approximate surface area is 191 Å². The zero-order chi connectivity index (χ0) is 24.1. The Bertz CT molecular complexity index is 1220. The van der Waals surface area contributed by atoms with Crippen LogP contribution in [-0.2, 0) is 14.8 Å². The maximum atomic E-state index is 14.3. The zero-order valence-electron chi connectivity index (χ0n) is 17.1. The van der Waals surface area contributed by atoms with Crippen molar-refractivity contribution in [1.29, 1.82) is 0 Å². The molecule has 2 aliphatic rings. The lowest BCUT2D eigenvalue weighted by Gasteiger charge is -2.15. The van der Waals surface area contributed by atoms with Crippen LogP contribution in [0, 0.1) is 41.0 Å². The van der Waals surface area contributed by atoms with Gasteiger partial charge in [0.25, 0.3) is 5.91 Å². The Kier molecular flexibility index (Phi) is 6.16. The van der Waals surface area contributed by atoms with Crippen LogP contribution in [0.4, 0.5) is 23.2 Å². The van der Waals surface area contributed by atoms with E-state index in [-0.39, 0.29) is 39.1 Å². The van der Waals surface area contributed by atoms with Crippen LogP contribution in [0.15, 0.2) is 35.2 Å². The molecule has 2 atom stereocenters. The smallest absolute Gasteiger partial charge is 0.255 e. The number of hydrogen-bond acceptors (Lipinski definition) is 5. The van der Waals surface area contributed by atoms with Gasteiger partial charge < -0.3 is 5.32 Å². The Morgan fingerprint density at radius 2 is 1.58 bits per heavy atom. The van der Waals surface area contributed by atoms with Crippen LogP contribution < -0.4 is 10.0 Å². The van der Waals surface area contributed by atoms with Crippen LogP contribution in [0.3, 0.4) is 0 Å². The summed E-state index contributed by atoms with van der Waals surface area (Å²) in [5.74, 6) is -6.70. The van der Waals surface area contributed by atoms with Crippen LogP contribution in [0.1, 0.15) is 23.2 Å². The van der Waals surface area contributed by atoms with Gasteiger partial charge in [0, 0.05) is 39.4 Å². The molecular weight excluding hydrogens is 484 g/mol. The van der Waals surface area contributed by atoms with Crippen molar-refractivity contribution in [2.24, 2.45) is 17.8 Å². The van der Waals surface area contributed by atoms with Gasteiger partial charge in [-0.15, -0.1) is 11.8 Å². The fourth-order valence-corrected chi connectivity index (χ4v) is 6.15. The summed E-state index contributed by atoms with van der Waals surface area (Å²) in [5, 5.41) is 2.23. The molecule has 6 nitrogen and oxygen atoms in total. The highest BCUT2D eigenvalue weighted by atomic mass is 32.2. The minimum absolute atomic E-state index is 0.0182. The highest BCUT2D eigenvalue weighted by molar-refractivity contribution is 8.00. The lowest BCUT2D eigenvalue weighted by molar-refractivity contribution is -0.121. The molecule has 176 valence electrons. The van der Waals surface area contributed by atoms with Crippen molar-refractivity contribution in [3.05, 3.63) is 59.2 Å². The molecule has 2 aliphatic carbocycles. The van der Waals surface area contributed by atoms with Gasteiger partial charge in [0.2, 0.25) is 15.9 Å². The molecule has 0 radical (unpaired) electrons. The van der Waals surface area contributed by atoms with Crippen molar-refractivity contribution in [1.82, 2.24) is 4.72 Å². The molecule has 2 fully saturated rings. The van der Waals surface area contributed by atoms with Gasteiger partial charge in [-0.25, -0.2) is 26.0 Å². The lowest BCUT2D eigenvalue weighted by Crippen LogP contribution is -2.32. The second-order valence-corrected chi connectivity index (χ2v) is 11.2. The SMILES string of the molecule is CS(=O)(=O)NC(=O)C1C2CC(Sc3cc(C(=O)Nc4cc(F)c(F)c(F)c4)ccc3F)CC21. The molecule has 0 aromatic heterocycles. The molecule has 4 rings (SSSR count). The number of amides is 2. The largest absolute Gasteiger partial charge is 0.322 e. The molecule has 2 amide bonds. The number of carbonyl (C=O) groups is 2. The van der Waals surface area contributed by atoms with E-state index in [1.807, 2.05) is 4.72 Å². The van der Waals surface area contributed by atoms with Gasteiger partial charge in [-0.2, -0.15) is 0 Å². The molecule has 33 heavy (non-hydrogen) atoms. The molecule has 0 heterocycles. The number of halogens is 4. The van der Waals surface area contributed by atoms with E-state index in [9.17, 15) is 35.6 Å². The lowest BCUT2D eigenvalue weighted by atomic mass is 10.1. The Balaban J connectivity index is 1.39. The second-order valence-electron chi connectivity index (χ2n) is 8.16. The average Bonchev–Trinajstić information content (AvgIpc) is 3.22. The van der Waals surface area contributed by atoms with E-state index in [1.54, 1.807) is 0 Å². The predicted octanol–water partition coefficient (Wildman–Crippen LogP) is 3.69. The summed E-state index contributed by atoms with van der Waals surface area (Å²) in [6.07, 6.45) is 2.11. The van der Waals surface area contributed by atoms with Gasteiger partial charge in [0.15, 0.2) is 17.5 Å². The zero-order valence-corrected chi connectivity index (χ0v) is 18.7. The molecule has 2 aromatic rings. The molecule has 2 aromatic carbocycles. The van der Waals surface area contributed by atoms with Crippen LogP contribution in [0.2, 0.25) is 0 Å².